The van der Waals surface area contributed by atoms with Crippen LogP contribution in [-0.2, 0) is 20.0 Å². The van der Waals surface area contributed by atoms with Crippen molar-refractivity contribution >= 4 is 21.4 Å². The number of amides is 1. The third-order valence-corrected chi connectivity index (χ3v) is 6.49. The summed E-state index contributed by atoms with van der Waals surface area (Å²) in [5.74, 6) is -0.346. The summed E-state index contributed by atoms with van der Waals surface area (Å²) in [5, 5.41) is 2.57. The van der Waals surface area contributed by atoms with Crippen molar-refractivity contribution in [1.82, 2.24) is 0 Å². The van der Waals surface area contributed by atoms with E-state index < -0.39 is 31.6 Å². The molecule has 1 amide bonds. The summed E-state index contributed by atoms with van der Waals surface area (Å²) in [5.41, 5.74) is -5.57. The summed E-state index contributed by atoms with van der Waals surface area (Å²) in [6, 6.07) is 11.7. The van der Waals surface area contributed by atoms with Gasteiger partial charge in [0.25, 0.3) is 9.84 Å². The zero-order valence-corrected chi connectivity index (χ0v) is 15.7. The molecule has 9 heteroatoms. The van der Waals surface area contributed by atoms with Crippen LogP contribution in [0.1, 0.15) is 24.8 Å². The van der Waals surface area contributed by atoms with E-state index in [2.05, 4.69) is 5.32 Å². The Balaban J connectivity index is 1.97. The van der Waals surface area contributed by atoms with E-state index in [9.17, 15) is 26.4 Å². The molecule has 0 bridgehead atoms. The maximum absolute atomic E-state index is 13.0. The normalized spacial score (nSPS) is 16.1. The number of ether oxygens (including phenoxy) is 1. The highest BCUT2D eigenvalue weighted by Gasteiger charge is 2.48. The molecule has 3 rings (SSSR count). The van der Waals surface area contributed by atoms with E-state index in [0.29, 0.717) is 12.8 Å². The zero-order valence-electron chi connectivity index (χ0n) is 14.9. The Morgan fingerprint density at radius 2 is 1.75 bits per heavy atom. The predicted octanol–water partition coefficient (Wildman–Crippen LogP) is 4.05. The van der Waals surface area contributed by atoms with Gasteiger partial charge in [0.1, 0.15) is 5.75 Å². The molecule has 0 heterocycles. The number of carbonyl (C=O) groups excluding carboxylic acids is 1. The lowest BCUT2D eigenvalue weighted by molar-refractivity contribution is -0.124. The number of benzene rings is 2. The summed E-state index contributed by atoms with van der Waals surface area (Å²) >= 11 is 0. The molecule has 1 saturated carbocycles. The molecule has 0 unspecified atom stereocenters. The molecule has 1 aliphatic carbocycles. The Hall–Kier alpha value is -2.55. The molecular formula is C19H18F3NO4S. The Labute approximate surface area is 160 Å². The molecule has 0 aromatic heterocycles. The fraction of sp³-hybridized carbons (Fsp3) is 0.316. The molecular weight excluding hydrogens is 395 g/mol. The molecule has 5 nitrogen and oxygen atoms in total. The average molecular weight is 413 g/mol. The quantitative estimate of drug-likeness (QED) is 0.803. The lowest BCUT2D eigenvalue weighted by atomic mass is 9.64. The van der Waals surface area contributed by atoms with Crippen LogP contribution in [0.4, 0.5) is 18.9 Å². The molecule has 0 aliphatic heterocycles. The Kier molecular flexibility index (Phi) is 5.14. The van der Waals surface area contributed by atoms with Crippen LogP contribution < -0.4 is 10.1 Å². The number of nitrogens with one attached hydrogen (secondary N) is 1. The first-order valence-electron chi connectivity index (χ1n) is 8.48. The van der Waals surface area contributed by atoms with Gasteiger partial charge < -0.3 is 10.1 Å². The minimum absolute atomic E-state index is 0.0667. The number of anilines is 1. The van der Waals surface area contributed by atoms with Crippen molar-refractivity contribution in [3.05, 3.63) is 54.1 Å². The molecule has 1 aliphatic rings. The van der Waals surface area contributed by atoms with Gasteiger partial charge in [-0.1, -0.05) is 36.8 Å². The van der Waals surface area contributed by atoms with E-state index in [1.54, 1.807) is 12.1 Å². The molecule has 0 saturated heterocycles. The maximum atomic E-state index is 13.0. The van der Waals surface area contributed by atoms with Gasteiger partial charge in [-0.05, 0) is 36.6 Å². The van der Waals surface area contributed by atoms with E-state index in [1.165, 1.54) is 7.11 Å². The second-order valence-electron chi connectivity index (χ2n) is 6.57. The highest BCUT2D eigenvalue weighted by Crippen LogP contribution is 2.45. The predicted molar refractivity (Wildman–Crippen MR) is 96.8 cm³/mol. The maximum Gasteiger partial charge on any atom is 0.501 e. The van der Waals surface area contributed by atoms with Crippen molar-refractivity contribution < 1.29 is 31.1 Å². The SMILES string of the molecule is COc1ccc(S(=O)(=O)C(F)(F)F)cc1NC(=O)C1(c2ccccc2)CCC1. The van der Waals surface area contributed by atoms with Crippen molar-refractivity contribution in [3.63, 3.8) is 0 Å². The lowest BCUT2D eigenvalue weighted by Gasteiger charge is -2.40. The highest BCUT2D eigenvalue weighted by atomic mass is 32.2. The Morgan fingerprint density at radius 1 is 1.11 bits per heavy atom. The van der Waals surface area contributed by atoms with Crippen LogP contribution in [-0.4, -0.2) is 26.9 Å². The first-order chi connectivity index (χ1) is 13.1. The smallest absolute Gasteiger partial charge is 0.495 e. The third-order valence-electron chi connectivity index (χ3n) is 5.00. The Bertz CT molecular complexity index is 984. The van der Waals surface area contributed by atoms with Crippen molar-refractivity contribution in [2.24, 2.45) is 0 Å². The number of alkyl halides is 3. The van der Waals surface area contributed by atoms with Gasteiger partial charge in [0, 0.05) is 0 Å². The fourth-order valence-corrected chi connectivity index (χ4v) is 4.05. The average Bonchev–Trinajstić information content (AvgIpc) is 2.60. The summed E-state index contributed by atoms with van der Waals surface area (Å²) in [7, 11) is -4.27. The van der Waals surface area contributed by atoms with Crippen molar-refractivity contribution in [3.8, 4) is 5.75 Å². The summed E-state index contributed by atoms with van der Waals surface area (Å²) < 4.78 is 67.1. The second-order valence-corrected chi connectivity index (χ2v) is 8.51. The molecule has 1 fully saturated rings. The van der Waals surface area contributed by atoms with E-state index in [1.807, 2.05) is 18.2 Å². The monoisotopic (exact) mass is 413 g/mol. The number of hydrogen-bond donors (Lipinski definition) is 1. The van der Waals surface area contributed by atoms with Crippen LogP contribution in [0, 0.1) is 0 Å². The molecule has 150 valence electrons. The van der Waals surface area contributed by atoms with Gasteiger partial charge in [-0.15, -0.1) is 0 Å². The minimum Gasteiger partial charge on any atom is -0.495 e. The first kappa shape index (κ1) is 20.2. The standard InChI is InChI=1S/C19H18F3NO4S/c1-27-16-9-8-14(28(25,26)19(20,21)22)12-15(16)23-17(24)18(10-5-11-18)13-6-3-2-4-7-13/h2-4,6-9,12H,5,10-11H2,1H3,(H,23,24). The molecule has 0 spiro atoms. The number of hydrogen-bond acceptors (Lipinski definition) is 4. The Morgan fingerprint density at radius 3 is 2.25 bits per heavy atom. The largest absolute Gasteiger partial charge is 0.501 e. The fourth-order valence-electron chi connectivity index (χ4n) is 3.26. The zero-order chi connectivity index (χ0) is 20.6. The summed E-state index contributed by atoms with van der Waals surface area (Å²) in [4.78, 5) is 12.0. The first-order valence-corrected chi connectivity index (χ1v) is 9.96. The van der Waals surface area contributed by atoms with E-state index in [4.69, 9.17) is 4.74 Å². The molecule has 2 aromatic carbocycles. The molecule has 0 radical (unpaired) electrons. The topological polar surface area (TPSA) is 72.5 Å². The summed E-state index contributed by atoms with van der Waals surface area (Å²) in [6.45, 7) is 0. The number of halogens is 3. The van der Waals surface area contributed by atoms with Crippen LogP contribution in [0.25, 0.3) is 0 Å². The van der Waals surface area contributed by atoms with E-state index >= 15 is 0 Å². The van der Waals surface area contributed by atoms with Gasteiger partial charge >= 0.3 is 5.51 Å². The number of methoxy groups -OCH3 is 1. The van der Waals surface area contributed by atoms with Gasteiger partial charge in [0.15, 0.2) is 0 Å². The van der Waals surface area contributed by atoms with Crippen LogP contribution >= 0.6 is 0 Å². The molecule has 1 N–H and O–H groups in total. The molecule has 2 aromatic rings. The van der Waals surface area contributed by atoms with Crippen molar-refractivity contribution in [1.29, 1.82) is 0 Å². The third kappa shape index (κ3) is 3.34. The van der Waals surface area contributed by atoms with Gasteiger partial charge in [-0.2, -0.15) is 13.2 Å². The van der Waals surface area contributed by atoms with Gasteiger partial charge in [0.05, 0.1) is 23.1 Å². The minimum atomic E-state index is -5.55. The summed E-state index contributed by atoms with van der Waals surface area (Å²) in [6.07, 6.45) is 2.01. The molecule has 0 atom stereocenters. The number of rotatable bonds is 5. The lowest BCUT2D eigenvalue weighted by Crippen LogP contribution is -2.46. The van der Waals surface area contributed by atoms with Gasteiger partial charge in [-0.25, -0.2) is 8.42 Å². The molecule has 28 heavy (non-hydrogen) atoms. The number of carbonyl (C=O) groups is 1. The second kappa shape index (κ2) is 7.12. The van der Waals surface area contributed by atoms with Crippen molar-refractivity contribution in [2.45, 2.75) is 35.1 Å². The van der Waals surface area contributed by atoms with Crippen molar-refractivity contribution in [2.75, 3.05) is 12.4 Å². The van der Waals surface area contributed by atoms with E-state index in [-0.39, 0.29) is 11.4 Å². The van der Waals surface area contributed by atoms with Crippen LogP contribution in [0.5, 0.6) is 5.75 Å². The van der Waals surface area contributed by atoms with Crippen LogP contribution in [0.3, 0.4) is 0 Å². The number of sulfone groups is 1. The van der Waals surface area contributed by atoms with E-state index in [0.717, 1.165) is 30.2 Å². The van der Waals surface area contributed by atoms with Crippen LogP contribution in [0.2, 0.25) is 0 Å². The van der Waals surface area contributed by atoms with Gasteiger partial charge in [-0.3, -0.25) is 4.79 Å². The van der Waals surface area contributed by atoms with Gasteiger partial charge in [0.2, 0.25) is 5.91 Å². The highest BCUT2D eigenvalue weighted by molar-refractivity contribution is 7.92. The van der Waals surface area contributed by atoms with Crippen LogP contribution in [0.15, 0.2) is 53.4 Å².